The van der Waals surface area contributed by atoms with Crippen LogP contribution in [-0.2, 0) is 0 Å². The van der Waals surface area contributed by atoms with Gasteiger partial charge < -0.3 is 9.15 Å². The molecule has 2 heterocycles. The lowest BCUT2D eigenvalue weighted by Crippen LogP contribution is -2.54. The van der Waals surface area contributed by atoms with E-state index in [9.17, 15) is 0 Å². The number of hydrogen-bond donors (Lipinski definition) is 1. The molecule has 0 saturated carbocycles. The van der Waals surface area contributed by atoms with Crippen LogP contribution in [0.5, 0.6) is 5.75 Å². The monoisotopic (exact) mass is 463 g/mol. The first-order valence-electron chi connectivity index (χ1n) is 12.8. The van der Waals surface area contributed by atoms with Gasteiger partial charge in [0.25, 0.3) is 0 Å². The van der Waals surface area contributed by atoms with Gasteiger partial charge in [-0.1, -0.05) is 37.3 Å². The normalized spacial score (nSPS) is 16.9. The maximum atomic E-state index is 6.43. The van der Waals surface area contributed by atoms with E-state index in [1.54, 1.807) is 7.11 Å². The first-order valence-corrected chi connectivity index (χ1v) is 12.8. The van der Waals surface area contributed by atoms with Crippen LogP contribution in [0.4, 0.5) is 0 Å². The van der Waals surface area contributed by atoms with Crippen molar-refractivity contribution in [3.63, 3.8) is 0 Å². The number of ether oxygens (including phenoxy) is 1. The van der Waals surface area contributed by atoms with E-state index in [2.05, 4.69) is 97.6 Å². The summed E-state index contributed by atoms with van der Waals surface area (Å²) in [6.45, 7) is 13.0. The third kappa shape index (κ3) is 5.83. The number of nitrogens with zero attached hydrogens (tertiary/aromatic N) is 2. The number of hydrazine groups is 1. The van der Waals surface area contributed by atoms with Crippen LogP contribution in [-0.4, -0.2) is 48.7 Å². The highest BCUT2D eigenvalue weighted by Gasteiger charge is 2.33. The van der Waals surface area contributed by atoms with Gasteiger partial charge >= 0.3 is 0 Å². The predicted octanol–water partition coefficient (Wildman–Crippen LogP) is 6.38. The summed E-state index contributed by atoms with van der Waals surface area (Å²) in [7, 11) is 1.72. The smallest absolute Gasteiger partial charge is 0.134 e. The summed E-state index contributed by atoms with van der Waals surface area (Å²) < 4.78 is 11.8. The highest BCUT2D eigenvalue weighted by molar-refractivity contribution is 5.77. The number of hydrogen-bond acceptors (Lipinski definition) is 5. The van der Waals surface area contributed by atoms with Crippen LogP contribution in [0.2, 0.25) is 0 Å². The average Bonchev–Trinajstić information content (AvgIpc) is 3.27. The number of furan rings is 1. The fourth-order valence-electron chi connectivity index (χ4n) is 4.97. The molecule has 2 aromatic carbocycles. The summed E-state index contributed by atoms with van der Waals surface area (Å²) >= 11 is 0. The number of rotatable bonds is 9. The third-order valence-electron chi connectivity index (χ3n) is 7.05. The molecule has 1 aliphatic heterocycles. The first kappa shape index (κ1) is 24.8. The zero-order chi connectivity index (χ0) is 24.1. The van der Waals surface area contributed by atoms with Gasteiger partial charge in [-0.2, -0.15) is 0 Å². The maximum absolute atomic E-state index is 6.43. The third-order valence-corrected chi connectivity index (χ3v) is 7.05. The summed E-state index contributed by atoms with van der Waals surface area (Å²) in [6.07, 6.45) is 3.41. The Bertz CT molecular complexity index is 996. The van der Waals surface area contributed by atoms with E-state index in [1.807, 2.05) is 0 Å². The van der Waals surface area contributed by atoms with E-state index in [-0.39, 0.29) is 11.6 Å². The molecule has 0 spiro atoms. The minimum Gasteiger partial charge on any atom is -0.497 e. The maximum Gasteiger partial charge on any atom is 0.134 e. The van der Waals surface area contributed by atoms with Crippen molar-refractivity contribution in [2.24, 2.45) is 0 Å². The second kappa shape index (κ2) is 10.9. The predicted molar refractivity (Wildman–Crippen MR) is 140 cm³/mol. The molecule has 0 radical (unpaired) electrons. The molecule has 1 fully saturated rings. The van der Waals surface area contributed by atoms with Crippen molar-refractivity contribution < 1.29 is 9.15 Å². The lowest BCUT2D eigenvalue weighted by atomic mass is 9.88. The lowest BCUT2D eigenvalue weighted by Gasteiger charge is -2.42. The summed E-state index contributed by atoms with van der Waals surface area (Å²) in [6, 6.07) is 19.4. The Morgan fingerprint density at radius 1 is 1.09 bits per heavy atom. The second-order valence-corrected chi connectivity index (χ2v) is 10.5. The van der Waals surface area contributed by atoms with Crippen LogP contribution in [0.15, 0.2) is 59.0 Å². The van der Waals surface area contributed by atoms with Crippen molar-refractivity contribution in [1.29, 1.82) is 0 Å². The zero-order valence-corrected chi connectivity index (χ0v) is 21.5. The molecule has 0 bridgehead atoms. The molecule has 1 aliphatic rings. The van der Waals surface area contributed by atoms with Crippen LogP contribution in [0.25, 0.3) is 11.0 Å². The topological polar surface area (TPSA) is 40.9 Å². The van der Waals surface area contributed by atoms with Crippen molar-refractivity contribution in [3.05, 3.63) is 65.9 Å². The Morgan fingerprint density at radius 3 is 2.41 bits per heavy atom. The number of nitrogens with one attached hydrogen (secondary N) is 1. The van der Waals surface area contributed by atoms with Crippen molar-refractivity contribution in [1.82, 2.24) is 15.3 Å². The van der Waals surface area contributed by atoms with Crippen LogP contribution in [0.1, 0.15) is 70.2 Å². The molecule has 1 saturated heterocycles. The fraction of sp³-hybridized carbons (Fsp3) is 0.517. The lowest BCUT2D eigenvalue weighted by molar-refractivity contribution is 0.0205. The molecule has 5 nitrogen and oxygen atoms in total. The SMILES string of the molecule is CCCNN(CC(c1cc2ccccc2o1)N1CCC(c2ccc(OC)cc2)CC1)C(C)(C)C. The minimum absolute atomic E-state index is 0.0147. The largest absolute Gasteiger partial charge is 0.497 e. The average molecular weight is 464 g/mol. The molecule has 1 N–H and O–H groups in total. The Labute approximate surface area is 205 Å². The Kier molecular flexibility index (Phi) is 7.97. The van der Waals surface area contributed by atoms with E-state index in [0.717, 1.165) is 62.5 Å². The summed E-state index contributed by atoms with van der Waals surface area (Å²) in [4.78, 5) is 2.63. The van der Waals surface area contributed by atoms with E-state index in [1.165, 1.54) is 10.9 Å². The van der Waals surface area contributed by atoms with E-state index in [0.29, 0.717) is 5.92 Å². The van der Waals surface area contributed by atoms with Gasteiger partial charge in [-0.25, -0.2) is 5.01 Å². The van der Waals surface area contributed by atoms with Gasteiger partial charge in [0.1, 0.15) is 17.1 Å². The van der Waals surface area contributed by atoms with Crippen molar-refractivity contribution in [2.75, 3.05) is 33.3 Å². The summed E-state index contributed by atoms with van der Waals surface area (Å²) in [5, 5.41) is 3.59. The molecule has 5 heteroatoms. The molecule has 4 rings (SSSR count). The Balaban J connectivity index is 1.55. The van der Waals surface area contributed by atoms with Gasteiger partial charge in [0.2, 0.25) is 0 Å². The second-order valence-electron chi connectivity index (χ2n) is 10.5. The highest BCUT2D eigenvalue weighted by Crippen LogP contribution is 2.35. The Hall–Kier alpha value is -2.34. The van der Waals surface area contributed by atoms with Gasteiger partial charge in [-0.05, 0) is 88.9 Å². The number of piperidine rings is 1. The first-order chi connectivity index (χ1) is 16.4. The standard InChI is InChI=1S/C29H41N3O2/c1-6-17-30-32(29(2,3)4)21-26(28-20-24-9-7-8-10-27(24)34-28)31-18-15-23(16-19-31)22-11-13-25(33-5)14-12-22/h7-14,20,23,26,30H,6,15-19,21H2,1-5H3. The van der Waals surface area contributed by atoms with Gasteiger partial charge in [-0.15, -0.1) is 0 Å². The van der Waals surface area contributed by atoms with E-state index >= 15 is 0 Å². The number of benzene rings is 2. The molecule has 1 atom stereocenters. The van der Waals surface area contributed by atoms with Crippen LogP contribution in [0, 0.1) is 0 Å². The van der Waals surface area contributed by atoms with Crippen molar-refractivity contribution in [3.8, 4) is 5.75 Å². The molecular weight excluding hydrogens is 422 g/mol. The molecule has 3 aromatic rings. The minimum atomic E-state index is 0.0147. The van der Waals surface area contributed by atoms with Gasteiger partial charge in [0.15, 0.2) is 0 Å². The van der Waals surface area contributed by atoms with Crippen molar-refractivity contribution in [2.45, 2.75) is 64.5 Å². The van der Waals surface area contributed by atoms with E-state index < -0.39 is 0 Å². The molecule has 1 unspecified atom stereocenters. The van der Waals surface area contributed by atoms with Crippen LogP contribution >= 0.6 is 0 Å². The van der Waals surface area contributed by atoms with Crippen molar-refractivity contribution >= 4 is 11.0 Å². The summed E-state index contributed by atoms with van der Waals surface area (Å²) in [5.74, 6) is 2.58. The zero-order valence-electron chi connectivity index (χ0n) is 21.5. The van der Waals surface area contributed by atoms with Crippen LogP contribution < -0.4 is 10.2 Å². The molecule has 184 valence electrons. The number of methoxy groups -OCH3 is 1. The summed E-state index contributed by atoms with van der Waals surface area (Å²) in [5.41, 5.74) is 6.09. The van der Waals surface area contributed by atoms with Gasteiger partial charge in [0.05, 0.1) is 13.2 Å². The van der Waals surface area contributed by atoms with Gasteiger partial charge in [-0.3, -0.25) is 10.3 Å². The molecule has 0 aliphatic carbocycles. The molecule has 1 aromatic heterocycles. The molecular formula is C29H41N3O2. The van der Waals surface area contributed by atoms with Crippen LogP contribution in [0.3, 0.4) is 0 Å². The number of likely N-dealkylation sites (tertiary alicyclic amines) is 1. The quantitative estimate of drug-likeness (QED) is 0.373. The fourth-order valence-corrected chi connectivity index (χ4v) is 4.97. The van der Waals surface area contributed by atoms with E-state index in [4.69, 9.17) is 9.15 Å². The molecule has 0 amide bonds. The molecule has 34 heavy (non-hydrogen) atoms. The number of fused-ring (bicyclic) bond motifs is 1. The Morgan fingerprint density at radius 2 is 1.79 bits per heavy atom. The highest BCUT2D eigenvalue weighted by atomic mass is 16.5. The number of para-hydroxylation sites is 1. The van der Waals surface area contributed by atoms with Gasteiger partial charge in [0, 0.05) is 24.0 Å².